The highest BCUT2D eigenvalue weighted by atomic mass is 16.6. The molecule has 2 unspecified atom stereocenters. The summed E-state index contributed by atoms with van der Waals surface area (Å²) in [6, 6.07) is 9.08. The lowest BCUT2D eigenvalue weighted by Crippen LogP contribution is -2.47. The first-order valence-corrected chi connectivity index (χ1v) is 5.66. The second kappa shape index (κ2) is 6.37. The van der Waals surface area contributed by atoms with Crippen molar-refractivity contribution in [3.05, 3.63) is 35.9 Å². The van der Waals surface area contributed by atoms with Gasteiger partial charge in [0, 0.05) is 0 Å². The molecule has 17 heavy (non-hydrogen) atoms. The van der Waals surface area contributed by atoms with E-state index in [1.165, 1.54) is 0 Å². The zero-order valence-electron chi connectivity index (χ0n) is 10.8. The van der Waals surface area contributed by atoms with E-state index in [-0.39, 0.29) is 18.2 Å². The molecule has 0 aromatic heterocycles. The fourth-order valence-corrected chi connectivity index (χ4v) is 1.55. The summed E-state index contributed by atoms with van der Waals surface area (Å²) in [7, 11) is 5.62. The number of carbonyl (C=O) groups excluding carboxylic acids is 1. The number of rotatable bonds is 5. The van der Waals surface area contributed by atoms with Crippen molar-refractivity contribution in [3.8, 4) is 0 Å². The van der Waals surface area contributed by atoms with Gasteiger partial charge in [0.25, 0.3) is 0 Å². The smallest absolute Gasteiger partial charge is 0.339 e. The normalized spacial score (nSPS) is 14.4. The van der Waals surface area contributed by atoms with Crippen LogP contribution in [-0.4, -0.2) is 44.3 Å². The number of hydrogen-bond acceptors (Lipinski definition) is 4. The number of benzene rings is 1. The molecule has 1 N–H and O–H groups in total. The van der Waals surface area contributed by atoms with Crippen LogP contribution >= 0.6 is 0 Å². The van der Waals surface area contributed by atoms with Crippen LogP contribution in [0.3, 0.4) is 0 Å². The second-order valence-corrected chi connectivity index (χ2v) is 4.20. The summed E-state index contributed by atoms with van der Waals surface area (Å²) in [6.45, 7) is 1.98. The van der Waals surface area contributed by atoms with Crippen LogP contribution < -0.4 is 5.32 Å². The Morgan fingerprint density at radius 3 is 2.35 bits per heavy atom. The summed E-state index contributed by atoms with van der Waals surface area (Å²) in [4.78, 5) is 13.8. The van der Waals surface area contributed by atoms with Crippen molar-refractivity contribution >= 4 is 5.97 Å². The van der Waals surface area contributed by atoms with Gasteiger partial charge in [-0.15, -0.1) is 0 Å². The van der Waals surface area contributed by atoms with Crippen molar-refractivity contribution in [2.24, 2.45) is 0 Å². The average Bonchev–Trinajstić information content (AvgIpc) is 2.35. The van der Waals surface area contributed by atoms with Gasteiger partial charge in [-0.2, -0.15) is 0 Å². The summed E-state index contributed by atoms with van der Waals surface area (Å²) in [5, 5.41) is 3.08. The highest BCUT2D eigenvalue weighted by Gasteiger charge is 2.22. The van der Waals surface area contributed by atoms with Crippen LogP contribution in [0.15, 0.2) is 30.3 Å². The van der Waals surface area contributed by atoms with Crippen LogP contribution in [0.4, 0.5) is 0 Å². The molecule has 4 heteroatoms. The van der Waals surface area contributed by atoms with Gasteiger partial charge in [0.15, 0.2) is 6.23 Å². The van der Waals surface area contributed by atoms with Crippen molar-refractivity contribution < 1.29 is 9.53 Å². The minimum Gasteiger partial charge on any atom is -0.441 e. The van der Waals surface area contributed by atoms with Crippen molar-refractivity contribution in [1.82, 2.24) is 10.2 Å². The van der Waals surface area contributed by atoms with E-state index in [0.717, 1.165) is 0 Å². The van der Waals surface area contributed by atoms with Gasteiger partial charge in [-0.25, -0.2) is 4.79 Å². The molecular formula is C13H20N2O2. The fourth-order valence-electron chi connectivity index (χ4n) is 1.55. The Balaban J connectivity index is 2.71. The standard InChI is InChI=1S/C13H20N2O2/c1-10(14-2)12(15(3)4)17-13(16)11-8-6-5-7-9-11/h5-10,12,14H,1-4H3. The molecule has 0 aliphatic carbocycles. The van der Waals surface area contributed by atoms with Crippen LogP contribution in [0.5, 0.6) is 0 Å². The summed E-state index contributed by atoms with van der Waals surface area (Å²) < 4.78 is 5.48. The number of ether oxygens (including phenoxy) is 1. The predicted molar refractivity (Wildman–Crippen MR) is 67.9 cm³/mol. The maximum absolute atomic E-state index is 11.9. The monoisotopic (exact) mass is 236 g/mol. The molecule has 0 heterocycles. The molecule has 1 rings (SSSR count). The van der Waals surface area contributed by atoms with Gasteiger partial charge in [-0.1, -0.05) is 18.2 Å². The lowest BCUT2D eigenvalue weighted by Gasteiger charge is -2.29. The largest absolute Gasteiger partial charge is 0.441 e. The molecule has 1 aromatic rings. The zero-order valence-corrected chi connectivity index (χ0v) is 10.8. The minimum absolute atomic E-state index is 0.0673. The van der Waals surface area contributed by atoms with Crippen LogP contribution in [0.2, 0.25) is 0 Å². The summed E-state index contributed by atoms with van der Waals surface area (Å²) in [5.41, 5.74) is 0.572. The zero-order chi connectivity index (χ0) is 12.8. The quantitative estimate of drug-likeness (QED) is 0.619. The molecule has 2 atom stereocenters. The number of carbonyl (C=O) groups is 1. The number of nitrogens with zero attached hydrogens (tertiary/aromatic N) is 1. The number of hydrogen-bond donors (Lipinski definition) is 1. The third kappa shape index (κ3) is 3.84. The van der Waals surface area contributed by atoms with Gasteiger partial charge in [0.1, 0.15) is 0 Å². The van der Waals surface area contributed by atoms with Crippen LogP contribution in [0, 0.1) is 0 Å². The van der Waals surface area contributed by atoms with Gasteiger partial charge < -0.3 is 10.1 Å². The first-order chi connectivity index (χ1) is 8.06. The molecule has 0 aliphatic rings. The van der Waals surface area contributed by atoms with Crippen LogP contribution in [0.25, 0.3) is 0 Å². The van der Waals surface area contributed by atoms with Gasteiger partial charge in [-0.3, -0.25) is 4.90 Å². The van der Waals surface area contributed by atoms with E-state index < -0.39 is 0 Å². The molecule has 0 radical (unpaired) electrons. The average molecular weight is 236 g/mol. The van der Waals surface area contributed by atoms with E-state index in [9.17, 15) is 4.79 Å². The van der Waals surface area contributed by atoms with E-state index in [4.69, 9.17) is 4.74 Å². The summed E-state index contributed by atoms with van der Waals surface area (Å²) in [6.07, 6.45) is -0.285. The first-order valence-electron chi connectivity index (χ1n) is 5.66. The summed E-state index contributed by atoms with van der Waals surface area (Å²) >= 11 is 0. The van der Waals surface area contributed by atoms with Crippen LogP contribution in [-0.2, 0) is 4.74 Å². The third-order valence-electron chi connectivity index (χ3n) is 2.63. The second-order valence-electron chi connectivity index (χ2n) is 4.20. The van der Waals surface area contributed by atoms with E-state index >= 15 is 0 Å². The van der Waals surface area contributed by atoms with Crippen molar-refractivity contribution in [1.29, 1.82) is 0 Å². The lowest BCUT2D eigenvalue weighted by atomic mass is 10.2. The SMILES string of the molecule is CNC(C)C(OC(=O)c1ccccc1)N(C)C. The maximum atomic E-state index is 11.9. The number of nitrogens with one attached hydrogen (secondary N) is 1. The topological polar surface area (TPSA) is 41.6 Å². The minimum atomic E-state index is -0.300. The molecule has 1 aromatic carbocycles. The fraction of sp³-hybridized carbons (Fsp3) is 0.462. The predicted octanol–water partition coefficient (Wildman–Crippen LogP) is 1.34. The molecule has 0 saturated carbocycles. The number of likely N-dealkylation sites (N-methyl/N-ethyl adjacent to an activating group) is 2. The highest BCUT2D eigenvalue weighted by Crippen LogP contribution is 2.08. The van der Waals surface area contributed by atoms with Gasteiger partial charge in [0.05, 0.1) is 11.6 Å². The van der Waals surface area contributed by atoms with Gasteiger partial charge in [-0.05, 0) is 40.2 Å². The Kier molecular flexibility index (Phi) is 5.12. The number of esters is 1. The molecule has 0 fully saturated rings. The third-order valence-corrected chi connectivity index (χ3v) is 2.63. The molecular weight excluding hydrogens is 216 g/mol. The Bertz CT molecular complexity index is 352. The van der Waals surface area contributed by atoms with E-state index in [1.54, 1.807) is 12.1 Å². The highest BCUT2D eigenvalue weighted by molar-refractivity contribution is 5.89. The van der Waals surface area contributed by atoms with Crippen LogP contribution in [0.1, 0.15) is 17.3 Å². The Morgan fingerprint density at radius 2 is 1.88 bits per heavy atom. The molecule has 0 amide bonds. The Morgan fingerprint density at radius 1 is 1.29 bits per heavy atom. The first kappa shape index (κ1) is 13.7. The van der Waals surface area contributed by atoms with Crippen molar-refractivity contribution in [2.75, 3.05) is 21.1 Å². The van der Waals surface area contributed by atoms with E-state index in [2.05, 4.69) is 5.32 Å². The molecule has 0 saturated heterocycles. The molecule has 0 spiro atoms. The molecule has 4 nitrogen and oxygen atoms in total. The van der Waals surface area contributed by atoms with E-state index in [1.807, 2.05) is 51.2 Å². The van der Waals surface area contributed by atoms with E-state index in [0.29, 0.717) is 5.56 Å². The molecule has 0 aliphatic heterocycles. The lowest BCUT2D eigenvalue weighted by molar-refractivity contribution is -0.0278. The van der Waals surface area contributed by atoms with Gasteiger partial charge in [0.2, 0.25) is 0 Å². The molecule has 94 valence electrons. The van der Waals surface area contributed by atoms with Gasteiger partial charge >= 0.3 is 5.97 Å². The Labute approximate surface area is 103 Å². The van der Waals surface area contributed by atoms with Crippen molar-refractivity contribution in [2.45, 2.75) is 19.2 Å². The molecule has 0 bridgehead atoms. The maximum Gasteiger partial charge on any atom is 0.339 e. The Hall–Kier alpha value is -1.39. The summed E-state index contributed by atoms with van der Waals surface area (Å²) in [5.74, 6) is -0.300. The van der Waals surface area contributed by atoms with Crippen molar-refractivity contribution in [3.63, 3.8) is 0 Å².